The molecule has 3 rings (SSSR count). The summed E-state index contributed by atoms with van der Waals surface area (Å²) in [7, 11) is 0. The Morgan fingerprint density at radius 2 is 1.84 bits per heavy atom. The number of fused-ring (bicyclic) bond motifs is 1. The lowest BCUT2D eigenvalue weighted by Crippen LogP contribution is -2.36. The molecule has 0 radical (unpaired) electrons. The van der Waals surface area contributed by atoms with E-state index in [1.165, 1.54) is 32.4 Å². The Labute approximate surface area is 113 Å². The van der Waals surface area contributed by atoms with E-state index in [9.17, 15) is 10.1 Å². The van der Waals surface area contributed by atoms with Gasteiger partial charge in [0.05, 0.1) is 4.92 Å². The number of nitrogens with zero attached hydrogens (tertiary/aromatic N) is 3. The van der Waals surface area contributed by atoms with Crippen molar-refractivity contribution >= 4 is 11.4 Å². The lowest BCUT2D eigenvalue weighted by Gasteiger charge is -2.27. The highest BCUT2D eigenvalue weighted by Gasteiger charge is 2.28. The highest BCUT2D eigenvalue weighted by atomic mass is 16.6. The standard InChI is InChI=1S/C14H19N3O2/c18-17(19)13-6-4-12(5-7-13)16-10-2-9-15-8-1-3-14(15)11-16/h4-7,14H,1-3,8-11H2/t14-/m0/s1. The van der Waals surface area contributed by atoms with Gasteiger partial charge < -0.3 is 4.90 Å². The zero-order valence-electron chi connectivity index (χ0n) is 11.0. The Bertz CT molecular complexity index is 460. The number of hydrogen-bond acceptors (Lipinski definition) is 4. The minimum atomic E-state index is -0.342. The second kappa shape index (κ2) is 5.17. The molecule has 0 saturated carbocycles. The van der Waals surface area contributed by atoms with Crippen molar-refractivity contribution in [3.63, 3.8) is 0 Å². The van der Waals surface area contributed by atoms with E-state index in [0.29, 0.717) is 6.04 Å². The lowest BCUT2D eigenvalue weighted by atomic mass is 10.2. The summed E-state index contributed by atoms with van der Waals surface area (Å²) in [6.07, 6.45) is 3.76. The van der Waals surface area contributed by atoms with Crippen LogP contribution in [0.4, 0.5) is 11.4 Å². The highest BCUT2D eigenvalue weighted by molar-refractivity contribution is 5.51. The van der Waals surface area contributed by atoms with Crippen LogP contribution in [0.5, 0.6) is 0 Å². The number of nitro groups is 1. The Kier molecular flexibility index (Phi) is 3.38. The molecule has 1 atom stereocenters. The first-order valence-corrected chi connectivity index (χ1v) is 6.97. The topological polar surface area (TPSA) is 49.6 Å². The predicted molar refractivity (Wildman–Crippen MR) is 74.5 cm³/mol. The molecule has 2 fully saturated rings. The van der Waals surface area contributed by atoms with E-state index in [2.05, 4.69) is 9.80 Å². The van der Waals surface area contributed by atoms with Crippen molar-refractivity contribution in [2.24, 2.45) is 0 Å². The van der Waals surface area contributed by atoms with Gasteiger partial charge in [-0.15, -0.1) is 0 Å². The third-order valence-corrected chi connectivity index (χ3v) is 4.23. The summed E-state index contributed by atoms with van der Waals surface area (Å²) in [6, 6.07) is 7.63. The monoisotopic (exact) mass is 261 g/mol. The summed E-state index contributed by atoms with van der Waals surface area (Å²) in [5.41, 5.74) is 1.28. The van der Waals surface area contributed by atoms with Crippen molar-refractivity contribution in [2.75, 3.05) is 31.1 Å². The van der Waals surface area contributed by atoms with Gasteiger partial charge in [-0.1, -0.05) is 0 Å². The molecule has 0 unspecified atom stereocenters. The van der Waals surface area contributed by atoms with E-state index in [-0.39, 0.29) is 10.6 Å². The lowest BCUT2D eigenvalue weighted by molar-refractivity contribution is -0.384. The molecule has 0 aromatic heterocycles. The van der Waals surface area contributed by atoms with Crippen LogP contribution in [0.1, 0.15) is 19.3 Å². The smallest absolute Gasteiger partial charge is 0.269 e. The van der Waals surface area contributed by atoms with Crippen LogP contribution in [-0.2, 0) is 0 Å². The molecule has 2 heterocycles. The molecule has 2 aliphatic rings. The van der Waals surface area contributed by atoms with Crippen molar-refractivity contribution in [1.29, 1.82) is 0 Å². The number of anilines is 1. The Balaban J connectivity index is 1.75. The summed E-state index contributed by atoms with van der Waals surface area (Å²) in [6.45, 7) is 4.52. The van der Waals surface area contributed by atoms with E-state index in [1.54, 1.807) is 12.1 Å². The number of nitro benzene ring substituents is 1. The maximum Gasteiger partial charge on any atom is 0.269 e. The molecule has 1 aromatic rings. The minimum absolute atomic E-state index is 0.168. The molecule has 5 heteroatoms. The molecule has 0 N–H and O–H groups in total. The van der Waals surface area contributed by atoms with Gasteiger partial charge in [-0.3, -0.25) is 15.0 Å². The summed E-state index contributed by atoms with van der Waals surface area (Å²) in [5, 5.41) is 10.7. The average Bonchev–Trinajstić information content (AvgIpc) is 2.76. The largest absolute Gasteiger partial charge is 0.370 e. The van der Waals surface area contributed by atoms with Gasteiger partial charge in [0.15, 0.2) is 0 Å². The number of hydrogen-bond donors (Lipinski definition) is 0. The number of non-ortho nitro benzene ring substituents is 1. The summed E-state index contributed by atoms with van der Waals surface area (Å²) < 4.78 is 0. The van der Waals surface area contributed by atoms with Crippen molar-refractivity contribution in [3.8, 4) is 0 Å². The zero-order valence-corrected chi connectivity index (χ0v) is 11.0. The van der Waals surface area contributed by atoms with Gasteiger partial charge in [0.1, 0.15) is 0 Å². The highest BCUT2D eigenvalue weighted by Crippen LogP contribution is 2.26. The SMILES string of the molecule is O=[N+]([O-])c1ccc(N2CCCN3CCC[C@H]3C2)cc1. The number of benzene rings is 1. The molecule has 1 aromatic carbocycles. The number of rotatable bonds is 2. The fourth-order valence-electron chi connectivity index (χ4n) is 3.23. The normalized spacial score (nSPS) is 24.0. The molecule has 19 heavy (non-hydrogen) atoms. The summed E-state index contributed by atoms with van der Waals surface area (Å²) >= 11 is 0. The fourth-order valence-corrected chi connectivity index (χ4v) is 3.23. The Hall–Kier alpha value is -1.62. The van der Waals surface area contributed by atoms with Gasteiger partial charge in [0, 0.05) is 43.5 Å². The van der Waals surface area contributed by atoms with Gasteiger partial charge in [-0.2, -0.15) is 0 Å². The van der Waals surface area contributed by atoms with Crippen LogP contribution >= 0.6 is 0 Å². The predicted octanol–water partition coefficient (Wildman–Crippen LogP) is 2.27. The van der Waals surface area contributed by atoms with Crippen molar-refractivity contribution < 1.29 is 4.92 Å². The van der Waals surface area contributed by atoms with Gasteiger partial charge in [-0.05, 0) is 37.9 Å². The molecular formula is C14H19N3O2. The summed E-state index contributed by atoms with van der Waals surface area (Å²) in [4.78, 5) is 15.3. The van der Waals surface area contributed by atoms with Crippen LogP contribution in [-0.4, -0.2) is 42.0 Å². The second-order valence-electron chi connectivity index (χ2n) is 5.41. The minimum Gasteiger partial charge on any atom is -0.370 e. The third kappa shape index (κ3) is 2.56. The van der Waals surface area contributed by atoms with E-state index in [0.717, 1.165) is 18.8 Å². The quantitative estimate of drug-likeness (QED) is 0.605. The third-order valence-electron chi connectivity index (χ3n) is 4.23. The average molecular weight is 261 g/mol. The maximum absolute atomic E-state index is 10.7. The Morgan fingerprint density at radius 3 is 2.58 bits per heavy atom. The van der Waals surface area contributed by atoms with Crippen LogP contribution in [0.25, 0.3) is 0 Å². The van der Waals surface area contributed by atoms with E-state index < -0.39 is 0 Å². The molecular weight excluding hydrogens is 242 g/mol. The zero-order chi connectivity index (χ0) is 13.2. The van der Waals surface area contributed by atoms with E-state index in [4.69, 9.17) is 0 Å². The maximum atomic E-state index is 10.7. The van der Waals surface area contributed by atoms with Crippen LogP contribution in [0.3, 0.4) is 0 Å². The van der Waals surface area contributed by atoms with Gasteiger partial charge >= 0.3 is 0 Å². The fraction of sp³-hybridized carbons (Fsp3) is 0.571. The van der Waals surface area contributed by atoms with E-state index in [1.807, 2.05) is 12.1 Å². The first-order chi connectivity index (χ1) is 9.24. The molecule has 0 bridgehead atoms. The van der Waals surface area contributed by atoms with Gasteiger partial charge in [-0.25, -0.2) is 0 Å². The Morgan fingerprint density at radius 1 is 1.11 bits per heavy atom. The first-order valence-electron chi connectivity index (χ1n) is 6.97. The molecule has 2 aliphatic heterocycles. The van der Waals surface area contributed by atoms with Gasteiger partial charge in [0.25, 0.3) is 5.69 Å². The first kappa shape index (κ1) is 12.4. The van der Waals surface area contributed by atoms with Crippen LogP contribution in [0, 0.1) is 10.1 Å². The van der Waals surface area contributed by atoms with Crippen LogP contribution in [0.2, 0.25) is 0 Å². The van der Waals surface area contributed by atoms with Crippen molar-refractivity contribution in [2.45, 2.75) is 25.3 Å². The molecule has 5 nitrogen and oxygen atoms in total. The molecule has 0 spiro atoms. The van der Waals surface area contributed by atoms with Crippen molar-refractivity contribution in [3.05, 3.63) is 34.4 Å². The van der Waals surface area contributed by atoms with E-state index >= 15 is 0 Å². The van der Waals surface area contributed by atoms with Gasteiger partial charge in [0.2, 0.25) is 0 Å². The molecule has 2 saturated heterocycles. The summed E-state index contributed by atoms with van der Waals surface area (Å²) in [5.74, 6) is 0. The molecule has 0 aliphatic carbocycles. The molecule has 0 amide bonds. The second-order valence-corrected chi connectivity index (χ2v) is 5.41. The van der Waals surface area contributed by atoms with Crippen molar-refractivity contribution in [1.82, 2.24) is 4.90 Å². The van der Waals surface area contributed by atoms with Crippen LogP contribution in [0.15, 0.2) is 24.3 Å². The van der Waals surface area contributed by atoms with Crippen LogP contribution < -0.4 is 4.90 Å². The molecule has 102 valence electrons.